The number of carbonyl (C=O) groups excluding carboxylic acids is 1. The zero-order chi connectivity index (χ0) is 23.0. The molecule has 0 atom stereocenters. The summed E-state index contributed by atoms with van der Waals surface area (Å²) in [7, 11) is -3.79. The van der Waals surface area contributed by atoms with Crippen LogP contribution in [0.1, 0.15) is 13.8 Å². The predicted octanol–water partition coefficient (Wildman–Crippen LogP) is 2.15. The van der Waals surface area contributed by atoms with Crippen molar-refractivity contribution in [1.82, 2.24) is 10.2 Å². The summed E-state index contributed by atoms with van der Waals surface area (Å²) in [6, 6.07) is 16.9. The predicted molar refractivity (Wildman–Crippen MR) is 128 cm³/mol. The fourth-order valence-electron chi connectivity index (χ4n) is 3.53. The van der Waals surface area contributed by atoms with E-state index in [4.69, 9.17) is 4.74 Å². The molecule has 1 amide bonds. The zero-order valence-electron chi connectivity index (χ0n) is 18.7. The van der Waals surface area contributed by atoms with Gasteiger partial charge in [0, 0.05) is 50.6 Å². The molecule has 0 saturated carbocycles. The van der Waals surface area contributed by atoms with Crippen LogP contribution in [0.4, 0.5) is 11.4 Å². The molecule has 1 heterocycles. The first-order chi connectivity index (χ1) is 15.3. The third-order valence-electron chi connectivity index (χ3n) is 5.06. The topological polar surface area (TPSA) is 91.0 Å². The average molecular weight is 461 g/mol. The first-order valence-corrected chi connectivity index (χ1v) is 12.5. The first-order valence-electron chi connectivity index (χ1n) is 10.9. The van der Waals surface area contributed by atoms with Crippen LogP contribution >= 0.6 is 0 Å². The number of benzene rings is 2. The molecule has 2 aromatic rings. The number of sulfonamides is 1. The Morgan fingerprint density at radius 3 is 2.28 bits per heavy atom. The van der Waals surface area contributed by atoms with Gasteiger partial charge in [-0.3, -0.25) is 14.4 Å². The van der Waals surface area contributed by atoms with Crippen molar-refractivity contribution < 1.29 is 17.9 Å². The molecule has 1 fully saturated rings. The molecule has 32 heavy (non-hydrogen) atoms. The van der Waals surface area contributed by atoms with Crippen LogP contribution in [0.15, 0.2) is 54.6 Å². The average Bonchev–Trinajstić information content (AvgIpc) is 2.75. The monoisotopic (exact) mass is 460 g/mol. The van der Waals surface area contributed by atoms with E-state index in [1.807, 2.05) is 32.0 Å². The number of hydrogen-bond donors (Lipinski definition) is 2. The van der Waals surface area contributed by atoms with Crippen molar-refractivity contribution in [1.29, 1.82) is 0 Å². The number of hydrogen-bond acceptors (Lipinski definition) is 6. The van der Waals surface area contributed by atoms with E-state index in [1.54, 1.807) is 24.3 Å². The smallest absolute Gasteiger partial charge is 0.241 e. The highest BCUT2D eigenvalue weighted by Crippen LogP contribution is 2.18. The number of carbonyl (C=O) groups is 1. The Labute approximate surface area is 190 Å². The number of amides is 1. The lowest BCUT2D eigenvalue weighted by Crippen LogP contribution is -2.48. The third kappa shape index (κ3) is 7.72. The molecule has 1 aliphatic heterocycles. The van der Waals surface area contributed by atoms with Gasteiger partial charge in [-0.1, -0.05) is 18.2 Å². The summed E-state index contributed by atoms with van der Waals surface area (Å²) < 4.78 is 32.5. The highest BCUT2D eigenvalue weighted by molar-refractivity contribution is 7.93. The number of anilines is 2. The van der Waals surface area contributed by atoms with Crippen LogP contribution < -0.4 is 19.7 Å². The van der Waals surface area contributed by atoms with Crippen LogP contribution in [0.3, 0.4) is 0 Å². The molecule has 0 aliphatic carbocycles. The lowest BCUT2D eigenvalue weighted by atomic mass is 10.2. The zero-order valence-corrected chi connectivity index (χ0v) is 19.5. The Hall–Kier alpha value is -2.78. The molecule has 3 rings (SSSR count). The number of rotatable bonds is 10. The lowest BCUT2D eigenvalue weighted by molar-refractivity contribution is -0.118. The molecular formula is C23H32N4O4S. The molecule has 1 aliphatic rings. The van der Waals surface area contributed by atoms with Gasteiger partial charge in [0.05, 0.1) is 6.10 Å². The molecule has 0 unspecified atom stereocenters. The highest BCUT2D eigenvalue weighted by atomic mass is 32.2. The summed E-state index contributed by atoms with van der Waals surface area (Å²) in [4.78, 5) is 16.7. The van der Waals surface area contributed by atoms with Crippen molar-refractivity contribution in [2.24, 2.45) is 0 Å². The summed E-state index contributed by atoms with van der Waals surface area (Å²) in [6.45, 7) is 8.61. The number of ether oxygens (including phenoxy) is 1. The molecule has 2 N–H and O–H groups in total. The Morgan fingerprint density at radius 1 is 1.00 bits per heavy atom. The Balaban J connectivity index is 1.36. The Bertz CT molecular complexity index is 957. The summed E-state index contributed by atoms with van der Waals surface area (Å²) in [5, 5.41) is 2.71. The maximum absolute atomic E-state index is 12.3. The van der Waals surface area contributed by atoms with E-state index >= 15 is 0 Å². The number of para-hydroxylation sites is 1. The van der Waals surface area contributed by atoms with Gasteiger partial charge < -0.3 is 15.0 Å². The third-order valence-corrected chi connectivity index (χ3v) is 6.25. The SMILES string of the molecule is CC(C)Oc1ccc(NS(=O)(=O)CC(=O)NCCN2CCN(c3ccccc3)CC2)cc1. The fourth-order valence-corrected chi connectivity index (χ4v) is 4.55. The summed E-state index contributed by atoms with van der Waals surface area (Å²) in [6.07, 6.45) is 0.0361. The molecule has 0 radical (unpaired) electrons. The van der Waals surface area contributed by atoms with Gasteiger partial charge in [-0.25, -0.2) is 8.42 Å². The van der Waals surface area contributed by atoms with Crippen molar-refractivity contribution in [3.8, 4) is 5.75 Å². The molecule has 174 valence electrons. The van der Waals surface area contributed by atoms with Crippen molar-refractivity contribution in [3.05, 3.63) is 54.6 Å². The number of piperazine rings is 1. The number of nitrogens with zero attached hydrogens (tertiary/aromatic N) is 2. The van der Waals surface area contributed by atoms with E-state index in [9.17, 15) is 13.2 Å². The summed E-state index contributed by atoms with van der Waals surface area (Å²) in [5.41, 5.74) is 1.62. The second-order valence-electron chi connectivity index (χ2n) is 8.07. The summed E-state index contributed by atoms with van der Waals surface area (Å²) >= 11 is 0. The highest BCUT2D eigenvalue weighted by Gasteiger charge is 2.19. The minimum absolute atomic E-state index is 0.0361. The largest absolute Gasteiger partial charge is 0.491 e. The molecule has 0 spiro atoms. The van der Waals surface area contributed by atoms with Gasteiger partial charge >= 0.3 is 0 Å². The summed E-state index contributed by atoms with van der Waals surface area (Å²) in [5.74, 6) is -0.468. The van der Waals surface area contributed by atoms with E-state index in [0.717, 1.165) is 26.2 Å². The van der Waals surface area contributed by atoms with Crippen LogP contribution in [0.2, 0.25) is 0 Å². The second kappa shape index (κ2) is 11.2. The Kier molecular flexibility index (Phi) is 8.35. The van der Waals surface area contributed by atoms with Crippen LogP contribution in [0, 0.1) is 0 Å². The molecule has 1 saturated heterocycles. The maximum Gasteiger partial charge on any atom is 0.241 e. The van der Waals surface area contributed by atoms with E-state index in [1.165, 1.54) is 5.69 Å². The van der Waals surface area contributed by atoms with Crippen molar-refractivity contribution in [3.63, 3.8) is 0 Å². The van der Waals surface area contributed by atoms with E-state index in [0.29, 0.717) is 24.5 Å². The molecular weight excluding hydrogens is 428 g/mol. The molecule has 8 nitrogen and oxygen atoms in total. The minimum Gasteiger partial charge on any atom is -0.491 e. The number of nitrogens with one attached hydrogen (secondary N) is 2. The fraction of sp³-hybridized carbons (Fsp3) is 0.435. The van der Waals surface area contributed by atoms with Gasteiger partial charge in [0.15, 0.2) is 0 Å². The van der Waals surface area contributed by atoms with E-state index < -0.39 is 21.7 Å². The van der Waals surface area contributed by atoms with Gasteiger partial charge in [-0.15, -0.1) is 0 Å². The van der Waals surface area contributed by atoms with Gasteiger partial charge in [-0.2, -0.15) is 0 Å². The standard InChI is InChI=1S/C23H32N4O4S/c1-19(2)31-22-10-8-20(9-11-22)25-32(29,30)18-23(28)24-12-13-26-14-16-27(17-15-26)21-6-4-3-5-7-21/h3-11,19,25H,12-18H2,1-2H3,(H,24,28). The van der Waals surface area contributed by atoms with Gasteiger partial charge in [0.2, 0.25) is 15.9 Å². The molecule has 0 bridgehead atoms. The normalized spacial score (nSPS) is 14.9. The van der Waals surface area contributed by atoms with Crippen molar-refractivity contribution in [2.45, 2.75) is 20.0 Å². The Morgan fingerprint density at radius 2 is 1.66 bits per heavy atom. The molecule has 9 heteroatoms. The van der Waals surface area contributed by atoms with Crippen molar-refractivity contribution in [2.75, 3.05) is 54.6 Å². The van der Waals surface area contributed by atoms with Crippen LogP contribution in [0.25, 0.3) is 0 Å². The lowest BCUT2D eigenvalue weighted by Gasteiger charge is -2.36. The van der Waals surface area contributed by atoms with Crippen LogP contribution in [-0.2, 0) is 14.8 Å². The first kappa shape index (κ1) is 23.9. The van der Waals surface area contributed by atoms with Gasteiger partial charge in [0.1, 0.15) is 11.5 Å². The minimum atomic E-state index is -3.79. The second-order valence-corrected chi connectivity index (χ2v) is 9.79. The van der Waals surface area contributed by atoms with E-state index in [2.05, 4.69) is 32.0 Å². The van der Waals surface area contributed by atoms with Crippen molar-refractivity contribution >= 4 is 27.3 Å². The van der Waals surface area contributed by atoms with Gasteiger partial charge in [0.25, 0.3) is 0 Å². The van der Waals surface area contributed by atoms with E-state index in [-0.39, 0.29) is 6.10 Å². The van der Waals surface area contributed by atoms with Gasteiger partial charge in [-0.05, 0) is 50.2 Å². The van der Waals surface area contributed by atoms with Crippen LogP contribution in [-0.4, -0.2) is 70.4 Å². The molecule has 2 aromatic carbocycles. The molecule has 0 aromatic heterocycles. The maximum atomic E-state index is 12.3. The van der Waals surface area contributed by atoms with Crippen LogP contribution in [0.5, 0.6) is 5.75 Å². The quantitative estimate of drug-likeness (QED) is 0.565.